The lowest BCUT2D eigenvalue weighted by Gasteiger charge is -2.32. The van der Waals surface area contributed by atoms with Crippen LogP contribution in [-0.4, -0.2) is 73.0 Å². The lowest BCUT2D eigenvalue weighted by Crippen LogP contribution is -2.46. The molecule has 0 bridgehead atoms. The molecule has 30 heavy (non-hydrogen) atoms. The number of hydrogen-bond acceptors (Lipinski definition) is 4. The van der Waals surface area contributed by atoms with Crippen LogP contribution in [0.1, 0.15) is 58.3 Å². The van der Waals surface area contributed by atoms with Crippen LogP contribution in [0.3, 0.4) is 0 Å². The Bertz CT molecular complexity index is 566. The zero-order valence-corrected chi connectivity index (χ0v) is 18.5. The van der Waals surface area contributed by atoms with Gasteiger partial charge in [-0.2, -0.15) is 0 Å². The van der Waals surface area contributed by atoms with E-state index in [9.17, 15) is 9.59 Å². The molecule has 166 valence electrons. The second-order valence-electron chi connectivity index (χ2n) is 8.79. The second-order valence-corrected chi connectivity index (χ2v) is 8.79. The number of carbonyl (C=O) groups is 2. The first-order valence-electron chi connectivity index (χ1n) is 11.4. The highest BCUT2D eigenvalue weighted by Gasteiger charge is 2.23. The molecule has 0 unspecified atom stereocenters. The molecule has 6 nitrogen and oxygen atoms in total. The molecule has 0 atom stereocenters. The zero-order chi connectivity index (χ0) is 21.8. The van der Waals surface area contributed by atoms with Crippen molar-refractivity contribution in [1.29, 1.82) is 0 Å². The van der Waals surface area contributed by atoms with E-state index in [1.165, 1.54) is 0 Å². The number of likely N-dealkylation sites (tertiary alicyclic amines) is 2. The number of piperidine rings is 2. The molecule has 0 saturated carbocycles. The Morgan fingerprint density at radius 1 is 0.833 bits per heavy atom. The van der Waals surface area contributed by atoms with Gasteiger partial charge in [0, 0.05) is 77.0 Å². The molecule has 2 aliphatic rings. The summed E-state index contributed by atoms with van der Waals surface area (Å²) in [5.41, 5.74) is 0. The Morgan fingerprint density at radius 2 is 1.20 bits per heavy atom. The number of nitrogens with zero attached hydrogens (tertiary/aromatic N) is 2. The Balaban J connectivity index is 1.58. The third-order valence-corrected chi connectivity index (χ3v) is 6.12. The Labute approximate surface area is 182 Å². The molecule has 2 N–H and O–H groups in total. The lowest BCUT2D eigenvalue weighted by atomic mass is 9.99. The average Bonchev–Trinajstić information content (AvgIpc) is 2.72. The molecule has 0 aromatic heterocycles. The summed E-state index contributed by atoms with van der Waals surface area (Å²) in [5, 5.41) is 6.29. The summed E-state index contributed by atoms with van der Waals surface area (Å²) in [7, 11) is 0. The normalized spacial score (nSPS) is 19.2. The molecule has 2 rings (SSSR count). The number of nitrogens with one attached hydrogen (secondary N) is 2. The van der Waals surface area contributed by atoms with Gasteiger partial charge >= 0.3 is 0 Å². The summed E-state index contributed by atoms with van der Waals surface area (Å²) in [5.74, 6) is 5.50. The van der Waals surface area contributed by atoms with E-state index in [0.717, 1.165) is 77.8 Å². The van der Waals surface area contributed by atoms with Crippen LogP contribution in [0.25, 0.3) is 0 Å². The SMILES string of the molecule is C#CCCN1CCC(NC(=O)CC(C)CC(=O)NC2CCN(CCC#C)CC2)CC1. The highest BCUT2D eigenvalue weighted by molar-refractivity contribution is 5.79. The van der Waals surface area contributed by atoms with E-state index in [2.05, 4.69) is 32.3 Å². The first-order valence-corrected chi connectivity index (χ1v) is 11.4. The van der Waals surface area contributed by atoms with Crippen molar-refractivity contribution in [1.82, 2.24) is 20.4 Å². The van der Waals surface area contributed by atoms with Gasteiger partial charge in [0.2, 0.25) is 11.8 Å². The molecule has 2 aliphatic heterocycles. The minimum absolute atomic E-state index is 0.0384. The smallest absolute Gasteiger partial charge is 0.220 e. The third-order valence-electron chi connectivity index (χ3n) is 6.12. The fourth-order valence-corrected chi connectivity index (χ4v) is 4.33. The number of terminal acetylenes is 2. The third kappa shape index (κ3) is 9.20. The molecule has 2 fully saturated rings. The van der Waals surface area contributed by atoms with E-state index in [-0.39, 0.29) is 29.8 Å². The van der Waals surface area contributed by atoms with E-state index in [0.29, 0.717) is 12.8 Å². The number of hydrogen-bond donors (Lipinski definition) is 2. The van der Waals surface area contributed by atoms with Gasteiger partial charge < -0.3 is 20.4 Å². The van der Waals surface area contributed by atoms with Crippen molar-refractivity contribution in [2.75, 3.05) is 39.3 Å². The largest absolute Gasteiger partial charge is 0.353 e. The maximum Gasteiger partial charge on any atom is 0.220 e. The first-order chi connectivity index (χ1) is 14.5. The van der Waals surface area contributed by atoms with E-state index >= 15 is 0 Å². The summed E-state index contributed by atoms with van der Waals surface area (Å²) in [6.07, 6.45) is 16.9. The Kier molecular flexibility index (Phi) is 10.8. The number of amides is 2. The van der Waals surface area contributed by atoms with Crippen molar-refractivity contribution in [2.24, 2.45) is 5.92 Å². The van der Waals surface area contributed by atoms with Crippen molar-refractivity contribution >= 4 is 11.8 Å². The van der Waals surface area contributed by atoms with Crippen molar-refractivity contribution in [2.45, 2.75) is 70.4 Å². The van der Waals surface area contributed by atoms with Crippen LogP contribution >= 0.6 is 0 Å². The summed E-state index contributed by atoms with van der Waals surface area (Å²) in [4.78, 5) is 29.4. The zero-order valence-electron chi connectivity index (χ0n) is 18.5. The fraction of sp³-hybridized carbons (Fsp3) is 0.750. The summed E-state index contributed by atoms with van der Waals surface area (Å²) < 4.78 is 0. The highest BCUT2D eigenvalue weighted by Crippen LogP contribution is 2.14. The summed E-state index contributed by atoms with van der Waals surface area (Å²) in [6.45, 7) is 7.76. The Morgan fingerprint density at radius 3 is 1.53 bits per heavy atom. The molecular formula is C24H38N4O2. The van der Waals surface area contributed by atoms with Crippen LogP contribution in [0, 0.1) is 30.6 Å². The molecule has 0 aromatic carbocycles. The van der Waals surface area contributed by atoms with Gasteiger partial charge in [0.25, 0.3) is 0 Å². The van der Waals surface area contributed by atoms with Gasteiger partial charge in [-0.1, -0.05) is 6.92 Å². The number of rotatable bonds is 10. The monoisotopic (exact) mass is 414 g/mol. The molecule has 2 heterocycles. The highest BCUT2D eigenvalue weighted by atomic mass is 16.2. The number of carbonyl (C=O) groups excluding carboxylic acids is 2. The van der Waals surface area contributed by atoms with E-state index in [4.69, 9.17) is 12.8 Å². The van der Waals surface area contributed by atoms with Crippen LogP contribution in [-0.2, 0) is 9.59 Å². The molecule has 2 saturated heterocycles. The van der Waals surface area contributed by atoms with Crippen molar-refractivity contribution in [3.8, 4) is 24.7 Å². The first kappa shape index (κ1) is 24.3. The topological polar surface area (TPSA) is 64.7 Å². The van der Waals surface area contributed by atoms with Gasteiger partial charge in [0.1, 0.15) is 0 Å². The summed E-state index contributed by atoms with van der Waals surface area (Å²) >= 11 is 0. The van der Waals surface area contributed by atoms with Gasteiger partial charge in [-0.25, -0.2) is 0 Å². The molecule has 0 aliphatic carbocycles. The van der Waals surface area contributed by atoms with E-state index in [1.807, 2.05) is 6.92 Å². The van der Waals surface area contributed by atoms with Crippen molar-refractivity contribution in [3.05, 3.63) is 0 Å². The van der Waals surface area contributed by atoms with Gasteiger partial charge in [-0.15, -0.1) is 24.7 Å². The lowest BCUT2D eigenvalue weighted by molar-refractivity contribution is -0.124. The van der Waals surface area contributed by atoms with Crippen LogP contribution in [0.4, 0.5) is 0 Å². The molecule has 0 radical (unpaired) electrons. The second kappa shape index (κ2) is 13.3. The van der Waals surface area contributed by atoms with Crippen LogP contribution in [0.5, 0.6) is 0 Å². The molecule has 0 aromatic rings. The van der Waals surface area contributed by atoms with Gasteiger partial charge in [0.05, 0.1) is 0 Å². The van der Waals surface area contributed by atoms with Gasteiger partial charge in [-0.05, 0) is 31.6 Å². The average molecular weight is 415 g/mol. The minimum atomic E-state index is 0.0384. The minimum Gasteiger partial charge on any atom is -0.353 e. The van der Waals surface area contributed by atoms with Crippen LogP contribution in [0.15, 0.2) is 0 Å². The van der Waals surface area contributed by atoms with Crippen LogP contribution in [0.2, 0.25) is 0 Å². The van der Waals surface area contributed by atoms with Crippen molar-refractivity contribution < 1.29 is 9.59 Å². The predicted octanol–water partition coefficient (Wildman–Crippen LogP) is 1.61. The van der Waals surface area contributed by atoms with E-state index in [1.54, 1.807) is 0 Å². The molecular weight excluding hydrogens is 376 g/mol. The van der Waals surface area contributed by atoms with Gasteiger partial charge in [-0.3, -0.25) is 9.59 Å². The summed E-state index contributed by atoms with van der Waals surface area (Å²) in [6, 6.07) is 0.473. The Hall–Kier alpha value is -2.02. The predicted molar refractivity (Wildman–Crippen MR) is 121 cm³/mol. The maximum absolute atomic E-state index is 12.4. The molecule has 6 heteroatoms. The van der Waals surface area contributed by atoms with Crippen molar-refractivity contribution in [3.63, 3.8) is 0 Å². The van der Waals surface area contributed by atoms with Gasteiger partial charge in [0.15, 0.2) is 0 Å². The standard InChI is InChI=1S/C24H38N4O2/c1-4-6-12-27-14-8-21(9-15-27)25-23(29)18-20(3)19-24(30)26-22-10-16-28(17-11-22)13-7-5-2/h1-2,20-22H,6-19H2,3H3,(H,25,29)(H,26,30). The van der Waals surface area contributed by atoms with E-state index < -0.39 is 0 Å². The molecule has 0 spiro atoms. The maximum atomic E-state index is 12.4. The molecule has 2 amide bonds. The van der Waals surface area contributed by atoms with Crippen LogP contribution < -0.4 is 10.6 Å². The quantitative estimate of drug-likeness (QED) is 0.533. The fourth-order valence-electron chi connectivity index (χ4n) is 4.33.